The molecule has 4 heterocycles. The van der Waals surface area contributed by atoms with Crippen molar-refractivity contribution in [3.63, 3.8) is 0 Å². The topological polar surface area (TPSA) is 125 Å². The van der Waals surface area contributed by atoms with Crippen molar-refractivity contribution in [3.05, 3.63) is 48.4 Å². The summed E-state index contributed by atoms with van der Waals surface area (Å²) in [5.74, 6) is -2.00. The molecule has 10 nitrogen and oxygen atoms in total. The highest BCUT2D eigenvalue weighted by Gasteiger charge is 2.21. The van der Waals surface area contributed by atoms with E-state index in [-0.39, 0.29) is 23.0 Å². The van der Waals surface area contributed by atoms with Crippen molar-refractivity contribution in [2.75, 3.05) is 18.8 Å². The maximum Gasteiger partial charge on any atom is 0.209 e. The normalized spacial score (nSPS) is 14.8. The Morgan fingerprint density at radius 3 is 2.81 bits per heavy atom. The molecule has 4 aromatic rings. The second kappa shape index (κ2) is 7.80. The summed E-state index contributed by atoms with van der Waals surface area (Å²) in [4.78, 5) is 8.75. The molecule has 0 aliphatic carbocycles. The van der Waals surface area contributed by atoms with Gasteiger partial charge in [-0.25, -0.2) is 18.7 Å². The molecule has 0 amide bonds. The molecule has 1 saturated heterocycles. The largest absolute Gasteiger partial charge is 0.382 e. The van der Waals surface area contributed by atoms with E-state index in [2.05, 4.69) is 35.9 Å². The highest BCUT2D eigenvalue weighted by atomic mass is 19.2. The summed E-state index contributed by atoms with van der Waals surface area (Å²) in [6.07, 6.45) is 7.14. The number of anilines is 1. The van der Waals surface area contributed by atoms with Crippen LogP contribution in [-0.4, -0.2) is 53.0 Å². The first-order chi connectivity index (χ1) is 15.1. The van der Waals surface area contributed by atoms with Gasteiger partial charge in [-0.2, -0.15) is 9.78 Å². The van der Waals surface area contributed by atoms with Crippen LogP contribution in [0, 0.1) is 11.6 Å². The number of halogens is 2. The summed E-state index contributed by atoms with van der Waals surface area (Å²) in [7, 11) is 0. The van der Waals surface area contributed by atoms with Gasteiger partial charge in [0.05, 0.1) is 24.1 Å². The second-order valence-corrected chi connectivity index (χ2v) is 7.17. The standard InChI is InChI=1S/C19H18F2N10/c20-13-2-1-3-15(16(13)21)31-19(27-28-29-31)17-18(22)24-9-14(26-17)11-8-25-30(10-11)12-4-6-23-7-5-12/h1-3,8-10,12,23H,4-7H2,(H2,22,24). The fraction of sp³-hybridized carbons (Fsp3) is 0.263. The fourth-order valence-corrected chi connectivity index (χ4v) is 3.60. The zero-order valence-corrected chi connectivity index (χ0v) is 16.3. The number of tetrazole rings is 1. The van der Waals surface area contributed by atoms with E-state index in [0.717, 1.165) is 42.2 Å². The Hall–Kier alpha value is -3.80. The predicted molar refractivity (Wildman–Crippen MR) is 107 cm³/mol. The van der Waals surface area contributed by atoms with Gasteiger partial charge in [0.25, 0.3) is 0 Å². The molecule has 1 fully saturated rings. The maximum atomic E-state index is 14.3. The molecule has 3 N–H and O–H groups in total. The Morgan fingerprint density at radius 1 is 1.13 bits per heavy atom. The summed E-state index contributed by atoms with van der Waals surface area (Å²) < 4.78 is 31.0. The van der Waals surface area contributed by atoms with Crippen LogP contribution in [0.4, 0.5) is 14.6 Å². The third-order valence-electron chi connectivity index (χ3n) is 5.22. The lowest BCUT2D eigenvalue weighted by molar-refractivity contribution is 0.343. The lowest BCUT2D eigenvalue weighted by Crippen LogP contribution is -2.29. The van der Waals surface area contributed by atoms with Crippen LogP contribution in [0.15, 0.2) is 36.8 Å². The number of nitrogens with one attached hydrogen (secondary N) is 1. The van der Waals surface area contributed by atoms with Crippen LogP contribution in [0.5, 0.6) is 0 Å². The van der Waals surface area contributed by atoms with E-state index in [9.17, 15) is 8.78 Å². The smallest absolute Gasteiger partial charge is 0.209 e. The number of hydrogen-bond donors (Lipinski definition) is 2. The van der Waals surface area contributed by atoms with E-state index in [0.29, 0.717) is 11.7 Å². The van der Waals surface area contributed by atoms with E-state index in [4.69, 9.17) is 5.73 Å². The summed E-state index contributed by atoms with van der Waals surface area (Å²) in [6.45, 7) is 1.90. The van der Waals surface area contributed by atoms with Crippen LogP contribution in [0.3, 0.4) is 0 Å². The van der Waals surface area contributed by atoms with Crippen molar-refractivity contribution >= 4 is 5.82 Å². The van der Waals surface area contributed by atoms with Crippen molar-refractivity contribution in [1.82, 2.24) is 45.3 Å². The van der Waals surface area contributed by atoms with Gasteiger partial charge in [0.1, 0.15) is 5.69 Å². The number of aromatic nitrogens is 8. The Kier molecular flexibility index (Phi) is 4.82. The molecule has 158 valence electrons. The van der Waals surface area contributed by atoms with Gasteiger partial charge in [-0.05, 0) is 48.5 Å². The minimum Gasteiger partial charge on any atom is -0.382 e. The van der Waals surface area contributed by atoms with Gasteiger partial charge in [0.2, 0.25) is 5.82 Å². The molecule has 0 atom stereocenters. The number of piperidine rings is 1. The van der Waals surface area contributed by atoms with Gasteiger partial charge in [-0.3, -0.25) is 4.68 Å². The zero-order chi connectivity index (χ0) is 21.4. The number of nitrogens with zero attached hydrogens (tertiary/aromatic N) is 8. The van der Waals surface area contributed by atoms with E-state index in [1.165, 1.54) is 18.3 Å². The van der Waals surface area contributed by atoms with Gasteiger partial charge in [-0.1, -0.05) is 6.07 Å². The van der Waals surface area contributed by atoms with E-state index < -0.39 is 11.6 Å². The lowest BCUT2D eigenvalue weighted by Gasteiger charge is -2.22. The SMILES string of the molecule is Nc1ncc(-c2cnn(C3CCNCC3)c2)nc1-c1nnnn1-c1cccc(F)c1F. The first-order valence-corrected chi connectivity index (χ1v) is 9.72. The molecule has 1 aliphatic heterocycles. The average Bonchev–Trinajstić information content (AvgIpc) is 3.47. The molecule has 1 aromatic carbocycles. The Labute approximate surface area is 175 Å². The van der Waals surface area contributed by atoms with Crippen molar-refractivity contribution in [2.45, 2.75) is 18.9 Å². The molecule has 0 saturated carbocycles. The van der Waals surface area contributed by atoms with Crippen molar-refractivity contribution in [1.29, 1.82) is 0 Å². The predicted octanol–water partition coefficient (Wildman–Crippen LogP) is 1.77. The number of nitrogens with two attached hydrogens (primary N) is 1. The molecule has 0 radical (unpaired) electrons. The number of hydrogen-bond acceptors (Lipinski definition) is 8. The molecule has 0 unspecified atom stereocenters. The second-order valence-electron chi connectivity index (χ2n) is 7.17. The maximum absolute atomic E-state index is 14.3. The molecule has 3 aromatic heterocycles. The van der Waals surface area contributed by atoms with Crippen LogP contribution in [0.25, 0.3) is 28.5 Å². The molecule has 12 heteroatoms. The number of benzene rings is 1. The third-order valence-corrected chi connectivity index (χ3v) is 5.22. The monoisotopic (exact) mass is 424 g/mol. The molecule has 0 spiro atoms. The van der Waals surface area contributed by atoms with E-state index in [1.54, 1.807) is 6.20 Å². The van der Waals surface area contributed by atoms with Gasteiger partial charge in [0.15, 0.2) is 23.1 Å². The first kappa shape index (κ1) is 19.2. The molecular weight excluding hydrogens is 406 g/mol. The van der Waals surface area contributed by atoms with Crippen molar-refractivity contribution < 1.29 is 8.78 Å². The third kappa shape index (κ3) is 3.50. The fourth-order valence-electron chi connectivity index (χ4n) is 3.60. The minimum atomic E-state index is -1.08. The van der Waals surface area contributed by atoms with Crippen molar-refractivity contribution in [3.8, 4) is 28.5 Å². The van der Waals surface area contributed by atoms with Gasteiger partial charge < -0.3 is 11.1 Å². The Morgan fingerprint density at radius 2 is 1.97 bits per heavy atom. The highest BCUT2D eigenvalue weighted by Crippen LogP contribution is 2.28. The van der Waals surface area contributed by atoms with Crippen LogP contribution >= 0.6 is 0 Å². The van der Waals surface area contributed by atoms with Gasteiger partial charge in [0, 0.05) is 11.8 Å². The molecule has 5 rings (SSSR count). The minimum absolute atomic E-state index is 0.0436. The lowest BCUT2D eigenvalue weighted by atomic mass is 10.1. The number of nitrogen functional groups attached to an aromatic ring is 1. The molecule has 31 heavy (non-hydrogen) atoms. The Bertz CT molecular complexity index is 1230. The zero-order valence-electron chi connectivity index (χ0n) is 16.3. The molecule has 1 aliphatic rings. The van der Waals surface area contributed by atoms with Crippen LogP contribution in [-0.2, 0) is 0 Å². The van der Waals surface area contributed by atoms with E-state index in [1.807, 2.05) is 10.9 Å². The summed E-state index contributed by atoms with van der Waals surface area (Å²) in [6, 6.07) is 4.05. The average molecular weight is 424 g/mol. The van der Waals surface area contributed by atoms with Crippen LogP contribution in [0.1, 0.15) is 18.9 Å². The summed E-state index contributed by atoms with van der Waals surface area (Å²) in [5, 5.41) is 19.1. The summed E-state index contributed by atoms with van der Waals surface area (Å²) in [5.41, 5.74) is 7.28. The Balaban J connectivity index is 1.53. The van der Waals surface area contributed by atoms with Crippen LogP contribution in [0.2, 0.25) is 0 Å². The van der Waals surface area contributed by atoms with Crippen LogP contribution < -0.4 is 11.1 Å². The van der Waals surface area contributed by atoms with Gasteiger partial charge >= 0.3 is 0 Å². The molecule has 0 bridgehead atoms. The highest BCUT2D eigenvalue weighted by molar-refractivity contribution is 5.69. The van der Waals surface area contributed by atoms with Gasteiger partial charge in [-0.15, -0.1) is 5.10 Å². The summed E-state index contributed by atoms with van der Waals surface area (Å²) >= 11 is 0. The molecular formula is C19H18F2N10. The quantitative estimate of drug-likeness (QED) is 0.508. The first-order valence-electron chi connectivity index (χ1n) is 9.72. The number of rotatable bonds is 4. The van der Waals surface area contributed by atoms with E-state index >= 15 is 0 Å². The van der Waals surface area contributed by atoms with Crippen molar-refractivity contribution in [2.24, 2.45) is 0 Å².